The molecule has 95 heavy (non-hydrogen) atoms. The number of aliphatic hydroxyl groups is 1. The van der Waals surface area contributed by atoms with E-state index >= 15 is 0 Å². The number of thioether (sulfide) groups is 1. The molecular weight excluding hydrogens is 1220 g/mol. The molecule has 8 aliphatic heterocycles. The summed E-state index contributed by atoms with van der Waals surface area (Å²) < 4.78 is 0. The summed E-state index contributed by atoms with van der Waals surface area (Å²) >= 11 is 1.82. The third kappa shape index (κ3) is 27.8. The molecule has 17 atom stereocenters. The molecule has 0 aromatic heterocycles. The van der Waals surface area contributed by atoms with Gasteiger partial charge in [0.15, 0.2) is 0 Å². The molecule has 12 rings (SSSR count). The predicted molar refractivity (Wildman–Crippen MR) is 398 cm³/mol. The second-order valence-corrected chi connectivity index (χ2v) is 28.6. The monoisotopic (exact) mass is 1370 g/mol. The number of hydrogen-bond donors (Lipinski definition) is 1. The van der Waals surface area contributed by atoms with Gasteiger partial charge in [0.05, 0.1) is 67.7 Å². The van der Waals surface area contributed by atoms with E-state index in [9.17, 15) is 38.4 Å². The first kappa shape index (κ1) is 98.4. The second-order valence-electron chi connectivity index (χ2n) is 27.6. The third-order valence-electron chi connectivity index (χ3n) is 21.2. The van der Waals surface area contributed by atoms with E-state index in [1.165, 1.54) is 77.0 Å². The molecule has 0 bridgehead atoms. The van der Waals surface area contributed by atoms with Gasteiger partial charge in [-0.3, -0.25) is 77.4 Å². The van der Waals surface area contributed by atoms with Crippen molar-refractivity contribution in [2.75, 3.05) is 101 Å². The smallest absolute Gasteiger partial charge is 0.149 e. The summed E-state index contributed by atoms with van der Waals surface area (Å²) in [4.78, 5) is 112. The molecule has 17 unspecified atom stereocenters. The molecule has 20 heteroatoms. The number of hydroxylamine groups is 4. The Morgan fingerprint density at radius 2 is 0.800 bits per heavy atom. The van der Waals surface area contributed by atoms with Crippen molar-refractivity contribution >= 4 is 58.0 Å². The van der Waals surface area contributed by atoms with E-state index in [0.717, 1.165) is 68.2 Å². The zero-order valence-electron chi connectivity index (χ0n) is 56.5. The molecule has 1 N–H and O–H groups in total. The number of β-amino-alcohol motifs (C(OH)–C–C–N with tert-alkyl or cyclic N) is 1. The van der Waals surface area contributed by atoms with Crippen LogP contribution in [0.1, 0.15) is 224 Å². The number of rotatable bonds is 8. The molecule has 19 nitrogen and oxygen atoms in total. The van der Waals surface area contributed by atoms with E-state index in [2.05, 4.69) is 64.8 Å². The van der Waals surface area contributed by atoms with Gasteiger partial charge in [0.1, 0.15) is 46.3 Å². The standard InChI is InChI=1S/2C11H19NO.C10H17NO.C10H15NO.C7H13NO2.2C6H11NO2.C6H11NOS.8CH4/c1-8(13)11-10-6-4-3-5-9(10)7-12(11)2;1-8(13)11-7-9-5-3-4-6-10(9)12(11)2;1-7(12)10-9-5-3-4-8(9)6-11(10)2;1-7(12)10-6-8-4-3-5-9(8)11(10)2;1-5(9)7-3-6(10)4-8(7)2;2*1-5(8)6-3-4-9-7(6)2;1-5(8)6-3-9-4-7(6)2;;;;;;;;/h2*9-11H,3-7H2,1-2H3;8-10H,3-6H2,1-2H3;3,5,8-10H,4,6H2,1-2H3;6-7,10H,3-4H2,1-2H3;3*6H,3-4H2,1-2H3;8*1H4. The molecule has 0 aromatic rings. The lowest BCUT2D eigenvalue weighted by Crippen LogP contribution is -2.38. The number of likely N-dealkylation sites (N-methyl/N-ethyl adjacent to an activating group) is 8. The maximum absolute atomic E-state index is 11.5. The van der Waals surface area contributed by atoms with Crippen LogP contribution < -0.4 is 0 Å². The summed E-state index contributed by atoms with van der Waals surface area (Å²) in [5, 5.41) is 12.4. The van der Waals surface area contributed by atoms with Crippen molar-refractivity contribution in [3.05, 3.63) is 12.2 Å². The van der Waals surface area contributed by atoms with Gasteiger partial charge in [-0.25, -0.2) is 0 Å². The molecule has 0 aromatic carbocycles. The molecule has 8 heterocycles. The Kier molecular flexibility index (Phi) is 48.9. The van der Waals surface area contributed by atoms with Crippen LogP contribution in [0.5, 0.6) is 0 Å². The SMILES string of the molecule is C.C.C.C.C.C.C.C.CC(=O)C1C2CCCC2CN1C.CC(=O)C1C2CCCCC2CN1C.CC(=O)C1CC(O)CN1C.CC(=O)C1CC2CC=CC2N1C.CC(=O)C1CC2CCCCC2N1C.CC(=O)C1CCON1C.CC(=O)C1CCON1C.CC(=O)C1CSCN1C. The molecule has 8 saturated heterocycles. The molecular formula is C75H148N8O11S. The Labute approximate surface area is 586 Å². The van der Waals surface area contributed by atoms with Gasteiger partial charge in [-0.1, -0.05) is 104 Å². The van der Waals surface area contributed by atoms with Crippen LogP contribution in [-0.4, -0.2) is 258 Å². The highest BCUT2D eigenvalue weighted by Gasteiger charge is 2.46. The number of hydrogen-bond acceptors (Lipinski definition) is 20. The van der Waals surface area contributed by atoms with E-state index in [-0.39, 0.29) is 131 Å². The minimum absolute atomic E-state index is 0. The fourth-order valence-electron chi connectivity index (χ4n) is 16.6. The number of Topliss-reactive ketones (excluding diaryl/α,β-unsaturated/α-hetero) is 8. The second kappa shape index (κ2) is 47.2. The highest BCUT2D eigenvalue weighted by Crippen LogP contribution is 2.43. The Hall–Kier alpha value is -2.99. The fraction of sp³-hybridized carbons (Fsp3) is 0.867. The van der Waals surface area contributed by atoms with E-state index < -0.39 is 0 Å². The summed E-state index contributed by atoms with van der Waals surface area (Å²) in [6.07, 6.45) is 24.5. The Balaban J connectivity index is -0.000000494. The number of ketones is 8. The molecule has 0 spiro atoms. The van der Waals surface area contributed by atoms with Crippen LogP contribution in [0.2, 0.25) is 0 Å². The van der Waals surface area contributed by atoms with Crippen molar-refractivity contribution in [2.24, 2.45) is 35.5 Å². The van der Waals surface area contributed by atoms with Crippen LogP contribution in [0.15, 0.2) is 12.2 Å². The minimum atomic E-state index is -0.307. The van der Waals surface area contributed by atoms with Gasteiger partial charge < -0.3 is 5.11 Å². The predicted octanol–water partition coefficient (Wildman–Crippen LogP) is 11.8. The Morgan fingerprint density at radius 1 is 0.400 bits per heavy atom. The van der Waals surface area contributed by atoms with Gasteiger partial charge >= 0.3 is 0 Å². The summed E-state index contributed by atoms with van der Waals surface area (Å²) in [7, 11) is 15.8. The molecule has 4 aliphatic carbocycles. The molecule has 0 radical (unpaired) electrons. The lowest BCUT2D eigenvalue weighted by atomic mass is 9.78. The molecule has 12 aliphatic rings. The van der Waals surface area contributed by atoms with Crippen LogP contribution in [-0.2, 0) is 48.0 Å². The van der Waals surface area contributed by atoms with Crippen molar-refractivity contribution in [3.8, 4) is 0 Å². The summed E-state index contributed by atoms with van der Waals surface area (Å²) in [5.74, 6) is 8.75. The highest BCUT2D eigenvalue weighted by atomic mass is 32.2. The number of aliphatic hydroxyl groups excluding tert-OH is 1. The van der Waals surface area contributed by atoms with Crippen LogP contribution in [0, 0.1) is 35.5 Å². The van der Waals surface area contributed by atoms with E-state index in [0.29, 0.717) is 84.9 Å². The normalized spacial score (nSPS) is 33.3. The van der Waals surface area contributed by atoms with E-state index in [4.69, 9.17) is 14.8 Å². The van der Waals surface area contributed by atoms with Gasteiger partial charge in [-0.15, -0.1) is 11.8 Å². The fourth-order valence-corrected chi connectivity index (χ4v) is 17.8. The first-order chi connectivity index (χ1) is 41.0. The topological polar surface area (TPSA) is 201 Å². The average molecular weight is 1370 g/mol. The van der Waals surface area contributed by atoms with Crippen molar-refractivity contribution in [2.45, 2.75) is 290 Å². The zero-order chi connectivity index (χ0) is 64.6. The summed E-state index contributed by atoms with van der Waals surface area (Å²) in [6.45, 7) is 17.6. The lowest BCUT2D eigenvalue weighted by Gasteiger charge is -2.30. The van der Waals surface area contributed by atoms with Crippen LogP contribution in [0.4, 0.5) is 0 Å². The summed E-state index contributed by atoms with van der Waals surface area (Å²) in [6, 6.07) is 2.31. The molecule has 11 fully saturated rings. The Morgan fingerprint density at radius 3 is 1.14 bits per heavy atom. The average Bonchev–Trinajstić information content (AvgIpc) is 1.68. The summed E-state index contributed by atoms with van der Waals surface area (Å²) in [5.41, 5.74) is 0. The first-order valence-corrected chi connectivity index (χ1v) is 34.1. The minimum Gasteiger partial charge on any atom is -0.392 e. The van der Waals surface area contributed by atoms with Crippen molar-refractivity contribution in [1.82, 2.24) is 39.5 Å². The van der Waals surface area contributed by atoms with Crippen molar-refractivity contribution in [1.29, 1.82) is 0 Å². The maximum atomic E-state index is 11.5. The van der Waals surface area contributed by atoms with Gasteiger partial charge in [-0.2, -0.15) is 10.1 Å². The van der Waals surface area contributed by atoms with Crippen LogP contribution >= 0.6 is 11.8 Å². The van der Waals surface area contributed by atoms with Crippen molar-refractivity contribution < 1.29 is 53.1 Å². The number of allylic oxidation sites excluding steroid dienone is 1. The van der Waals surface area contributed by atoms with Crippen LogP contribution in [0.3, 0.4) is 0 Å². The number of likely N-dealkylation sites (tertiary alicyclic amines) is 5. The van der Waals surface area contributed by atoms with Crippen LogP contribution in [0.25, 0.3) is 0 Å². The number of carbonyl (C=O) groups excluding carboxylic acids is 8. The zero-order valence-corrected chi connectivity index (χ0v) is 57.3. The van der Waals surface area contributed by atoms with Gasteiger partial charge in [0, 0.05) is 57.4 Å². The number of nitrogens with zero attached hydrogens (tertiary/aromatic N) is 8. The lowest BCUT2D eigenvalue weighted by molar-refractivity contribution is -0.140. The van der Waals surface area contributed by atoms with Gasteiger partial charge in [-0.05, 0) is 210 Å². The van der Waals surface area contributed by atoms with E-state index in [1.54, 1.807) is 79.6 Å². The van der Waals surface area contributed by atoms with Gasteiger partial charge in [0.2, 0.25) is 0 Å². The first-order valence-electron chi connectivity index (χ1n) is 33.0. The largest absolute Gasteiger partial charge is 0.392 e. The highest BCUT2D eigenvalue weighted by molar-refractivity contribution is 7.99. The number of fused-ring (bicyclic) bond motifs is 4. The molecule has 560 valence electrons. The van der Waals surface area contributed by atoms with Gasteiger partial charge in [0.25, 0.3) is 0 Å². The molecule has 3 saturated carbocycles. The third-order valence-corrected chi connectivity index (χ3v) is 22.3. The van der Waals surface area contributed by atoms with E-state index in [1.807, 2.05) is 30.8 Å². The quantitative estimate of drug-likeness (QED) is 0.225. The number of carbonyl (C=O) groups is 8. The molecule has 0 amide bonds. The Bertz CT molecular complexity index is 2240. The van der Waals surface area contributed by atoms with Crippen molar-refractivity contribution in [3.63, 3.8) is 0 Å². The maximum Gasteiger partial charge on any atom is 0.149 e.